The first kappa shape index (κ1) is 14.1. The molecule has 1 amide bonds. The van der Waals surface area contributed by atoms with Gasteiger partial charge in [0.15, 0.2) is 6.04 Å². The van der Waals surface area contributed by atoms with Gasteiger partial charge in [-0.05, 0) is 38.8 Å². The summed E-state index contributed by atoms with van der Waals surface area (Å²) >= 11 is 0. The maximum atomic E-state index is 12.4. The van der Waals surface area contributed by atoms with Crippen LogP contribution in [-0.4, -0.2) is 25.0 Å². The first-order valence-corrected chi connectivity index (χ1v) is 7.26. The summed E-state index contributed by atoms with van der Waals surface area (Å²) in [5.41, 5.74) is 4.55. The summed E-state index contributed by atoms with van der Waals surface area (Å²) in [6.45, 7) is 10.5. The van der Waals surface area contributed by atoms with Gasteiger partial charge in [-0.25, -0.2) is 0 Å². The van der Waals surface area contributed by atoms with E-state index in [0.29, 0.717) is 0 Å². The number of benzene rings is 1. The summed E-state index contributed by atoms with van der Waals surface area (Å²) in [5, 5.41) is 3.15. The van der Waals surface area contributed by atoms with Crippen LogP contribution in [0.1, 0.15) is 36.5 Å². The van der Waals surface area contributed by atoms with E-state index >= 15 is 0 Å². The summed E-state index contributed by atoms with van der Waals surface area (Å²) in [7, 11) is 0. The van der Waals surface area contributed by atoms with E-state index in [4.69, 9.17) is 0 Å². The van der Waals surface area contributed by atoms with Crippen LogP contribution in [0.3, 0.4) is 0 Å². The minimum Gasteiger partial charge on any atom is -0.325 e. The monoisotopic (exact) mass is 261 g/mol. The number of amides is 1. The SMILES string of the molecule is CC[NH+]1CCCC1C(=O)Nc1c(C)cc(C)cc1C. The van der Waals surface area contributed by atoms with Crippen LogP contribution in [0.25, 0.3) is 0 Å². The Morgan fingerprint density at radius 3 is 2.53 bits per heavy atom. The zero-order valence-corrected chi connectivity index (χ0v) is 12.5. The van der Waals surface area contributed by atoms with Gasteiger partial charge in [0, 0.05) is 18.5 Å². The molecule has 0 radical (unpaired) electrons. The van der Waals surface area contributed by atoms with Crippen molar-refractivity contribution >= 4 is 11.6 Å². The number of likely N-dealkylation sites (N-methyl/N-ethyl adjacent to an activating group) is 1. The summed E-state index contributed by atoms with van der Waals surface area (Å²) in [6, 6.07) is 4.38. The van der Waals surface area contributed by atoms with Crippen LogP contribution in [-0.2, 0) is 4.79 Å². The minimum absolute atomic E-state index is 0.130. The topological polar surface area (TPSA) is 33.5 Å². The number of carbonyl (C=O) groups excluding carboxylic acids is 1. The van der Waals surface area contributed by atoms with Gasteiger partial charge >= 0.3 is 0 Å². The molecule has 2 N–H and O–H groups in total. The fourth-order valence-electron chi connectivity index (χ4n) is 3.24. The van der Waals surface area contributed by atoms with E-state index in [2.05, 4.69) is 45.1 Å². The highest BCUT2D eigenvalue weighted by atomic mass is 16.2. The Kier molecular flexibility index (Phi) is 4.25. The van der Waals surface area contributed by atoms with E-state index in [0.717, 1.165) is 42.7 Å². The molecule has 0 spiro atoms. The Morgan fingerprint density at radius 2 is 1.95 bits per heavy atom. The average molecular weight is 261 g/mol. The van der Waals surface area contributed by atoms with Crippen LogP contribution < -0.4 is 10.2 Å². The minimum atomic E-state index is 0.130. The van der Waals surface area contributed by atoms with Crippen LogP contribution in [0.2, 0.25) is 0 Å². The van der Waals surface area contributed by atoms with Crippen molar-refractivity contribution in [2.45, 2.75) is 46.6 Å². The summed E-state index contributed by atoms with van der Waals surface area (Å²) in [4.78, 5) is 13.9. The molecular weight excluding hydrogens is 236 g/mol. The number of quaternary nitrogens is 1. The van der Waals surface area contributed by atoms with Crippen molar-refractivity contribution < 1.29 is 9.69 Å². The molecule has 1 saturated heterocycles. The second-order valence-electron chi connectivity index (χ2n) is 5.72. The maximum absolute atomic E-state index is 12.4. The van der Waals surface area contributed by atoms with Gasteiger partial charge in [0.25, 0.3) is 5.91 Å². The molecule has 0 aliphatic carbocycles. The van der Waals surface area contributed by atoms with E-state index < -0.39 is 0 Å². The van der Waals surface area contributed by atoms with Gasteiger partial charge in [-0.15, -0.1) is 0 Å². The van der Waals surface area contributed by atoms with Gasteiger partial charge in [-0.1, -0.05) is 17.7 Å². The van der Waals surface area contributed by atoms with Crippen molar-refractivity contribution in [2.24, 2.45) is 0 Å². The normalized spacial score (nSPS) is 22.5. The number of likely N-dealkylation sites (tertiary alicyclic amines) is 1. The summed E-state index contributed by atoms with van der Waals surface area (Å²) in [6.07, 6.45) is 2.17. The van der Waals surface area contributed by atoms with Crippen LogP contribution in [0.15, 0.2) is 12.1 Å². The highest BCUT2D eigenvalue weighted by Gasteiger charge is 2.33. The second kappa shape index (κ2) is 5.74. The molecule has 0 saturated carbocycles. The quantitative estimate of drug-likeness (QED) is 0.852. The third-order valence-corrected chi connectivity index (χ3v) is 4.18. The highest BCUT2D eigenvalue weighted by Crippen LogP contribution is 2.22. The molecule has 1 aliphatic rings. The van der Waals surface area contributed by atoms with Crippen molar-refractivity contribution in [2.75, 3.05) is 18.4 Å². The highest BCUT2D eigenvalue weighted by molar-refractivity contribution is 5.95. The van der Waals surface area contributed by atoms with Crippen molar-refractivity contribution in [3.8, 4) is 0 Å². The zero-order chi connectivity index (χ0) is 14.0. The molecule has 1 aromatic carbocycles. The molecule has 3 heteroatoms. The zero-order valence-electron chi connectivity index (χ0n) is 12.5. The van der Waals surface area contributed by atoms with Gasteiger partial charge in [0.1, 0.15) is 0 Å². The predicted octanol–water partition coefficient (Wildman–Crippen LogP) is 1.62. The van der Waals surface area contributed by atoms with E-state index in [9.17, 15) is 4.79 Å². The molecule has 0 bridgehead atoms. The molecule has 2 atom stereocenters. The fraction of sp³-hybridized carbons (Fsp3) is 0.562. The molecule has 1 fully saturated rings. The van der Waals surface area contributed by atoms with Gasteiger partial charge in [-0.2, -0.15) is 0 Å². The number of hydrogen-bond donors (Lipinski definition) is 2. The van der Waals surface area contributed by atoms with E-state index in [1.807, 2.05) is 0 Å². The van der Waals surface area contributed by atoms with Crippen LogP contribution >= 0.6 is 0 Å². The third-order valence-electron chi connectivity index (χ3n) is 4.18. The number of hydrogen-bond acceptors (Lipinski definition) is 1. The first-order chi connectivity index (χ1) is 9.02. The fourth-order valence-corrected chi connectivity index (χ4v) is 3.24. The Bertz CT molecular complexity index is 459. The lowest BCUT2D eigenvalue weighted by atomic mass is 10.0. The number of aryl methyl sites for hydroxylation is 3. The maximum Gasteiger partial charge on any atom is 0.282 e. The molecule has 1 aromatic rings. The first-order valence-electron chi connectivity index (χ1n) is 7.26. The molecular formula is C16H25N2O+. The predicted molar refractivity (Wildman–Crippen MR) is 78.7 cm³/mol. The Labute approximate surface area is 116 Å². The van der Waals surface area contributed by atoms with E-state index in [1.165, 1.54) is 10.5 Å². The Morgan fingerprint density at radius 1 is 1.32 bits per heavy atom. The van der Waals surface area contributed by atoms with Crippen LogP contribution in [0, 0.1) is 20.8 Å². The molecule has 104 valence electrons. The molecule has 0 aromatic heterocycles. The lowest BCUT2D eigenvalue weighted by molar-refractivity contribution is -0.901. The van der Waals surface area contributed by atoms with Crippen LogP contribution in [0.5, 0.6) is 0 Å². The second-order valence-corrected chi connectivity index (χ2v) is 5.72. The van der Waals surface area contributed by atoms with Gasteiger partial charge in [0.2, 0.25) is 0 Å². The Balaban J connectivity index is 2.15. The van der Waals surface area contributed by atoms with E-state index in [1.54, 1.807) is 0 Å². The standard InChI is InChI=1S/C16H24N2O/c1-5-18-8-6-7-14(18)16(19)17-15-12(3)9-11(2)10-13(15)4/h9-10,14H,5-8H2,1-4H3,(H,17,19)/p+1. The van der Waals surface area contributed by atoms with Crippen molar-refractivity contribution in [3.05, 3.63) is 28.8 Å². The third kappa shape index (κ3) is 2.98. The number of carbonyl (C=O) groups is 1. The largest absolute Gasteiger partial charge is 0.325 e. The van der Waals surface area contributed by atoms with Gasteiger partial charge in [0.05, 0.1) is 13.1 Å². The van der Waals surface area contributed by atoms with Crippen molar-refractivity contribution in [1.29, 1.82) is 0 Å². The Hall–Kier alpha value is -1.35. The molecule has 19 heavy (non-hydrogen) atoms. The lowest BCUT2D eigenvalue weighted by Crippen LogP contribution is -3.14. The average Bonchev–Trinajstić information content (AvgIpc) is 2.81. The van der Waals surface area contributed by atoms with Gasteiger partial charge in [-0.3, -0.25) is 4.79 Å². The molecule has 1 aliphatic heterocycles. The molecule has 3 nitrogen and oxygen atoms in total. The molecule has 2 rings (SSSR count). The van der Waals surface area contributed by atoms with Crippen LogP contribution in [0.4, 0.5) is 5.69 Å². The van der Waals surface area contributed by atoms with Gasteiger partial charge < -0.3 is 10.2 Å². The lowest BCUT2D eigenvalue weighted by Gasteiger charge is -2.20. The summed E-state index contributed by atoms with van der Waals surface area (Å²) in [5.74, 6) is 0.185. The number of nitrogens with one attached hydrogen (secondary N) is 2. The smallest absolute Gasteiger partial charge is 0.282 e. The van der Waals surface area contributed by atoms with Crippen molar-refractivity contribution in [3.63, 3.8) is 0 Å². The number of anilines is 1. The molecule has 1 heterocycles. The van der Waals surface area contributed by atoms with E-state index in [-0.39, 0.29) is 11.9 Å². The van der Waals surface area contributed by atoms with Crippen molar-refractivity contribution in [1.82, 2.24) is 0 Å². The molecule has 2 unspecified atom stereocenters. The number of rotatable bonds is 3. The summed E-state index contributed by atoms with van der Waals surface area (Å²) < 4.78 is 0.